The molecule has 0 aliphatic rings. The van der Waals surface area contributed by atoms with Crippen LogP contribution in [0.5, 0.6) is 0 Å². The maximum atomic E-state index is 14.0. The van der Waals surface area contributed by atoms with Gasteiger partial charge in [0.05, 0.1) is 11.8 Å². The number of thiocarbonyl (C=S) groups is 1. The molecule has 2 aromatic carbocycles. The number of rotatable bonds is 6. The van der Waals surface area contributed by atoms with Crippen molar-refractivity contribution >= 4 is 28.9 Å². The molecule has 0 aliphatic carbocycles. The molecule has 1 N–H and O–H groups in total. The average molecular weight is 381 g/mol. The summed E-state index contributed by atoms with van der Waals surface area (Å²) in [7, 11) is 0. The van der Waals surface area contributed by atoms with Gasteiger partial charge in [-0.05, 0) is 55.4 Å². The van der Waals surface area contributed by atoms with Crippen molar-refractivity contribution < 1.29 is 22.7 Å². The summed E-state index contributed by atoms with van der Waals surface area (Å²) in [6, 6.07) is 6.78. The molecule has 1 atom stereocenters. The van der Waals surface area contributed by atoms with Crippen LogP contribution in [0.25, 0.3) is 0 Å². The largest absolute Gasteiger partial charge is 0.484 e. The number of anilines is 1. The van der Waals surface area contributed by atoms with Gasteiger partial charge in [-0.2, -0.15) is 0 Å². The predicted octanol–water partition coefficient (Wildman–Crippen LogP) is 5.04. The van der Waals surface area contributed by atoms with Crippen molar-refractivity contribution in [2.75, 3.05) is 5.32 Å². The molecule has 2 rings (SSSR count). The number of halogens is 3. The summed E-state index contributed by atoms with van der Waals surface area (Å²) in [5.74, 6) is -3.03. The Morgan fingerprint density at radius 1 is 1.19 bits per heavy atom. The van der Waals surface area contributed by atoms with Crippen LogP contribution in [0.3, 0.4) is 0 Å². The smallest absolute Gasteiger partial charge is 0.255 e. The Morgan fingerprint density at radius 2 is 1.92 bits per heavy atom. The summed E-state index contributed by atoms with van der Waals surface area (Å²) in [6.45, 7) is 3.75. The minimum atomic E-state index is -0.940. The highest BCUT2D eigenvalue weighted by atomic mass is 32.1. The van der Waals surface area contributed by atoms with Crippen LogP contribution in [0.1, 0.15) is 36.2 Å². The molecule has 7 heteroatoms. The molecule has 0 fully saturated rings. The lowest BCUT2D eigenvalue weighted by Gasteiger charge is -2.14. The van der Waals surface area contributed by atoms with Crippen LogP contribution in [-0.4, -0.2) is 17.1 Å². The van der Waals surface area contributed by atoms with Crippen LogP contribution in [0.2, 0.25) is 0 Å². The van der Waals surface area contributed by atoms with Crippen LogP contribution in [0.15, 0.2) is 36.4 Å². The zero-order valence-electron chi connectivity index (χ0n) is 14.3. The molecule has 1 unspecified atom stereocenters. The SMILES string of the molecule is CCC(C)OC(=S)Cc1cc(NC(=O)c2cccc(F)c2)c(F)cc1F. The zero-order chi connectivity index (χ0) is 19.3. The van der Waals surface area contributed by atoms with Gasteiger partial charge in [-0.3, -0.25) is 4.79 Å². The van der Waals surface area contributed by atoms with Crippen molar-refractivity contribution in [3.8, 4) is 0 Å². The molecule has 0 heterocycles. The summed E-state index contributed by atoms with van der Waals surface area (Å²) in [4.78, 5) is 12.1. The van der Waals surface area contributed by atoms with Gasteiger partial charge in [0.25, 0.3) is 5.91 Å². The van der Waals surface area contributed by atoms with Crippen LogP contribution in [0, 0.1) is 17.5 Å². The Balaban J connectivity index is 2.19. The van der Waals surface area contributed by atoms with E-state index in [1.165, 1.54) is 18.2 Å². The minimum Gasteiger partial charge on any atom is -0.484 e. The molecule has 26 heavy (non-hydrogen) atoms. The second-order valence-electron chi connectivity index (χ2n) is 5.77. The highest BCUT2D eigenvalue weighted by molar-refractivity contribution is 7.80. The van der Waals surface area contributed by atoms with Gasteiger partial charge in [0.1, 0.15) is 17.5 Å². The van der Waals surface area contributed by atoms with E-state index in [0.717, 1.165) is 18.6 Å². The molecule has 2 aromatic rings. The summed E-state index contributed by atoms with van der Waals surface area (Å²) in [6.07, 6.45) is 0.591. The van der Waals surface area contributed by atoms with Crippen molar-refractivity contribution in [3.63, 3.8) is 0 Å². The molecule has 0 bridgehead atoms. The molecular weight excluding hydrogens is 363 g/mol. The first kappa shape index (κ1) is 19.9. The summed E-state index contributed by atoms with van der Waals surface area (Å²) >= 11 is 5.08. The summed E-state index contributed by atoms with van der Waals surface area (Å²) in [5.41, 5.74) is -0.109. The van der Waals surface area contributed by atoms with Crippen LogP contribution in [-0.2, 0) is 11.2 Å². The number of benzene rings is 2. The van der Waals surface area contributed by atoms with Crippen molar-refractivity contribution in [2.24, 2.45) is 0 Å². The monoisotopic (exact) mass is 381 g/mol. The van der Waals surface area contributed by atoms with Crippen LogP contribution in [0.4, 0.5) is 18.9 Å². The lowest BCUT2D eigenvalue weighted by molar-refractivity contribution is 0.102. The van der Waals surface area contributed by atoms with E-state index in [1.807, 2.05) is 13.8 Å². The number of carbonyl (C=O) groups excluding carboxylic acids is 1. The second-order valence-corrected chi connectivity index (χ2v) is 6.23. The highest BCUT2D eigenvalue weighted by Gasteiger charge is 2.16. The van der Waals surface area contributed by atoms with E-state index >= 15 is 0 Å². The fourth-order valence-corrected chi connectivity index (χ4v) is 2.47. The van der Waals surface area contributed by atoms with Gasteiger partial charge in [-0.25, -0.2) is 13.2 Å². The number of hydrogen-bond acceptors (Lipinski definition) is 3. The summed E-state index contributed by atoms with van der Waals surface area (Å²) < 4.78 is 46.6. The molecule has 0 saturated carbocycles. The Morgan fingerprint density at radius 3 is 2.58 bits per heavy atom. The number of carbonyl (C=O) groups is 1. The number of amides is 1. The molecule has 0 aliphatic heterocycles. The van der Waals surface area contributed by atoms with E-state index in [1.54, 1.807) is 0 Å². The maximum Gasteiger partial charge on any atom is 0.255 e. The van der Waals surface area contributed by atoms with Gasteiger partial charge in [-0.15, -0.1) is 0 Å². The third kappa shape index (κ3) is 5.29. The van der Waals surface area contributed by atoms with E-state index in [9.17, 15) is 18.0 Å². The lowest BCUT2D eigenvalue weighted by Crippen LogP contribution is -2.16. The molecule has 0 radical (unpaired) electrons. The third-order valence-corrected chi connectivity index (χ3v) is 3.95. The van der Waals surface area contributed by atoms with Gasteiger partial charge in [0.15, 0.2) is 5.05 Å². The zero-order valence-corrected chi connectivity index (χ0v) is 15.1. The van der Waals surface area contributed by atoms with Crippen LogP contribution < -0.4 is 5.32 Å². The summed E-state index contributed by atoms with van der Waals surface area (Å²) in [5, 5.41) is 2.49. The van der Waals surface area contributed by atoms with E-state index in [-0.39, 0.29) is 34.4 Å². The first-order chi connectivity index (χ1) is 12.3. The maximum absolute atomic E-state index is 14.0. The van der Waals surface area contributed by atoms with Gasteiger partial charge in [-0.1, -0.05) is 13.0 Å². The topological polar surface area (TPSA) is 38.3 Å². The molecule has 3 nitrogen and oxygen atoms in total. The molecule has 0 saturated heterocycles. The van der Waals surface area contributed by atoms with Gasteiger partial charge >= 0.3 is 0 Å². The Bertz CT molecular complexity index is 826. The standard InChI is InChI=1S/C19H18F3NO2S/c1-3-11(2)25-18(26)9-13-8-17(16(22)10-15(13)21)23-19(24)12-5-4-6-14(20)7-12/h4-8,10-11H,3,9H2,1-2H3,(H,23,24). The first-order valence-corrected chi connectivity index (χ1v) is 8.45. The Labute approximate surface area is 155 Å². The first-order valence-electron chi connectivity index (χ1n) is 8.04. The van der Waals surface area contributed by atoms with E-state index in [0.29, 0.717) is 6.07 Å². The van der Waals surface area contributed by atoms with Gasteiger partial charge < -0.3 is 10.1 Å². The minimum absolute atomic E-state index is 0.0194. The average Bonchev–Trinajstić information content (AvgIpc) is 2.58. The van der Waals surface area contributed by atoms with E-state index in [4.69, 9.17) is 17.0 Å². The highest BCUT2D eigenvalue weighted by Crippen LogP contribution is 2.22. The normalized spacial score (nSPS) is 11.7. The van der Waals surface area contributed by atoms with Crippen molar-refractivity contribution in [2.45, 2.75) is 32.8 Å². The van der Waals surface area contributed by atoms with Crippen molar-refractivity contribution in [1.82, 2.24) is 0 Å². The van der Waals surface area contributed by atoms with E-state index in [2.05, 4.69) is 5.32 Å². The Kier molecular flexibility index (Phi) is 6.74. The fourth-order valence-electron chi connectivity index (χ4n) is 2.15. The molecule has 138 valence electrons. The third-order valence-electron chi connectivity index (χ3n) is 3.71. The number of nitrogens with one attached hydrogen (secondary N) is 1. The van der Waals surface area contributed by atoms with Crippen molar-refractivity contribution in [1.29, 1.82) is 0 Å². The number of ether oxygens (including phenoxy) is 1. The molecule has 0 aromatic heterocycles. The molecular formula is C19H18F3NO2S. The quantitative estimate of drug-likeness (QED) is 0.713. The predicted molar refractivity (Wildman–Crippen MR) is 97.9 cm³/mol. The van der Waals surface area contributed by atoms with Gasteiger partial charge in [0.2, 0.25) is 0 Å². The van der Waals surface area contributed by atoms with Crippen LogP contribution >= 0.6 is 12.2 Å². The second kappa shape index (κ2) is 8.80. The number of hydrogen-bond donors (Lipinski definition) is 1. The lowest BCUT2D eigenvalue weighted by atomic mass is 10.1. The molecule has 0 spiro atoms. The van der Waals surface area contributed by atoms with E-state index < -0.39 is 23.4 Å². The van der Waals surface area contributed by atoms with Crippen molar-refractivity contribution in [3.05, 3.63) is 65.0 Å². The molecule has 1 amide bonds. The van der Waals surface area contributed by atoms with Gasteiger partial charge in [0, 0.05) is 18.1 Å². The fraction of sp³-hybridized carbons (Fsp3) is 0.263. The Hall–Kier alpha value is -2.41.